The van der Waals surface area contributed by atoms with Crippen LogP contribution in [-0.4, -0.2) is 41.1 Å². The van der Waals surface area contributed by atoms with E-state index in [0.29, 0.717) is 5.92 Å². The molecule has 96 valence electrons. The smallest absolute Gasteiger partial charge is 0.162 e. The first-order valence-electron chi connectivity index (χ1n) is 6.01. The second-order valence-corrected chi connectivity index (χ2v) is 4.64. The molecule has 1 aliphatic heterocycles. The maximum Gasteiger partial charge on any atom is 0.162 e. The van der Waals surface area contributed by atoms with E-state index in [2.05, 4.69) is 29.4 Å². The first-order chi connectivity index (χ1) is 8.09. The average molecular weight is 239 g/mol. The van der Waals surface area contributed by atoms with Crippen LogP contribution in [0.25, 0.3) is 0 Å². The highest BCUT2D eigenvalue weighted by molar-refractivity contribution is 5.65. The van der Waals surface area contributed by atoms with E-state index in [9.17, 15) is 0 Å². The zero-order chi connectivity index (χ0) is 12.4. The van der Waals surface area contributed by atoms with Gasteiger partial charge in [0.05, 0.1) is 24.6 Å². The Bertz CT molecular complexity index is 381. The van der Waals surface area contributed by atoms with Gasteiger partial charge in [-0.2, -0.15) is 5.10 Å². The summed E-state index contributed by atoms with van der Waals surface area (Å²) in [6.45, 7) is 7.42. The third-order valence-corrected chi connectivity index (χ3v) is 2.93. The van der Waals surface area contributed by atoms with Crippen molar-refractivity contribution in [2.45, 2.75) is 19.8 Å². The van der Waals surface area contributed by atoms with Crippen molar-refractivity contribution < 1.29 is 4.74 Å². The Balaban J connectivity index is 2.14. The molecular formula is C11H21N5O. The number of nitrogens with one attached hydrogen (secondary N) is 1. The van der Waals surface area contributed by atoms with Crippen LogP contribution in [0, 0.1) is 0 Å². The van der Waals surface area contributed by atoms with Gasteiger partial charge in [0.25, 0.3) is 0 Å². The summed E-state index contributed by atoms with van der Waals surface area (Å²) in [5.74, 6) is 1.21. The molecule has 2 rings (SSSR count). The highest BCUT2D eigenvalue weighted by Crippen LogP contribution is 2.27. The van der Waals surface area contributed by atoms with E-state index in [-0.39, 0.29) is 0 Å². The van der Waals surface area contributed by atoms with Crippen molar-refractivity contribution in [2.24, 2.45) is 7.05 Å². The molecule has 0 aliphatic carbocycles. The largest absolute Gasteiger partial charge is 0.394 e. The molecule has 1 aliphatic rings. The molecule has 0 spiro atoms. The second kappa shape index (κ2) is 4.93. The average Bonchev–Trinajstić information content (AvgIpc) is 2.58. The number of aromatic nitrogens is 2. The van der Waals surface area contributed by atoms with Gasteiger partial charge in [0.2, 0.25) is 0 Å². The van der Waals surface area contributed by atoms with Crippen LogP contribution in [0.4, 0.5) is 11.5 Å². The number of hydrazine groups is 1. The third kappa shape index (κ3) is 2.53. The number of morpholine rings is 1. The van der Waals surface area contributed by atoms with Crippen molar-refractivity contribution in [3.8, 4) is 0 Å². The topological polar surface area (TPSA) is 68.3 Å². The summed E-state index contributed by atoms with van der Waals surface area (Å²) >= 11 is 0. The summed E-state index contributed by atoms with van der Waals surface area (Å²) in [6.07, 6.45) is 0. The lowest BCUT2D eigenvalue weighted by molar-refractivity contribution is 0.0493. The summed E-state index contributed by atoms with van der Waals surface area (Å²) in [6, 6.07) is 0. The van der Waals surface area contributed by atoms with E-state index in [1.807, 2.05) is 7.05 Å². The van der Waals surface area contributed by atoms with E-state index in [1.165, 1.54) is 0 Å². The minimum atomic E-state index is 0.335. The zero-order valence-electron chi connectivity index (χ0n) is 10.7. The highest BCUT2D eigenvalue weighted by Gasteiger charge is 2.18. The number of rotatable bonds is 3. The molecule has 0 saturated carbocycles. The van der Waals surface area contributed by atoms with E-state index in [0.717, 1.165) is 43.5 Å². The summed E-state index contributed by atoms with van der Waals surface area (Å²) < 4.78 is 7.11. The Kier molecular flexibility index (Phi) is 3.54. The van der Waals surface area contributed by atoms with E-state index >= 15 is 0 Å². The van der Waals surface area contributed by atoms with E-state index < -0.39 is 0 Å². The summed E-state index contributed by atoms with van der Waals surface area (Å²) in [5, 5.41) is 6.56. The van der Waals surface area contributed by atoms with Crippen molar-refractivity contribution in [1.29, 1.82) is 0 Å². The number of nitrogen functional groups attached to an aromatic ring is 1. The first-order valence-corrected chi connectivity index (χ1v) is 6.01. The van der Waals surface area contributed by atoms with Gasteiger partial charge in [0, 0.05) is 20.1 Å². The number of aryl methyl sites for hydroxylation is 1. The van der Waals surface area contributed by atoms with Gasteiger partial charge < -0.3 is 15.9 Å². The number of nitrogens with two attached hydrogens (primary N) is 1. The van der Waals surface area contributed by atoms with Crippen molar-refractivity contribution in [3.05, 3.63) is 5.69 Å². The molecule has 1 aromatic heterocycles. The molecular weight excluding hydrogens is 218 g/mol. The van der Waals surface area contributed by atoms with Crippen molar-refractivity contribution in [1.82, 2.24) is 14.8 Å². The predicted octanol–water partition coefficient (Wildman–Crippen LogP) is 0.785. The maximum absolute atomic E-state index is 6.12. The zero-order valence-corrected chi connectivity index (χ0v) is 10.7. The molecule has 0 radical (unpaired) electrons. The summed E-state index contributed by atoms with van der Waals surface area (Å²) in [5.41, 5.74) is 11.1. The summed E-state index contributed by atoms with van der Waals surface area (Å²) in [7, 11) is 1.91. The van der Waals surface area contributed by atoms with Crippen molar-refractivity contribution in [2.75, 3.05) is 37.5 Å². The fourth-order valence-corrected chi connectivity index (χ4v) is 1.95. The van der Waals surface area contributed by atoms with Crippen molar-refractivity contribution >= 4 is 11.5 Å². The number of ether oxygens (including phenoxy) is 1. The summed E-state index contributed by atoms with van der Waals surface area (Å²) in [4.78, 5) is 0. The Labute approximate surface area is 102 Å². The van der Waals surface area contributed by atoms with Crippen molar-refractivity contribution in [3.63, 3.8) is 0 Å². The lowest BCUT2D eigenvalue weighted by Crippen LogP contribution is -2.40. The molecule has 1 saturated heterocycles. The molecule has 3 N–H and O–H groups in total. The van der Waals surface area contributed by atoms with Gasteiger partial charge in [-0.1, -0.05) is 13.8 Å². The normalized spacial score (nSPS) is 17.6. The maximum atomic E-state index is 6.12. The molecule has 2 heterocycles. The molecule has 1 fully saturated rings. The number of anilines is 2. The Morgan fingerprint density at radius 1 is 1.35 bits per heavy atom. The van der Waals surface area contributed by atoms with Crippen LogP contribution in [0.3, 0.4) is 0 Å². The van der Waals surface area contributed by atoms with Gasteiger partial charge in [-0.15, -0.1) is 0 Å². The second-order valence-electron chi connectivity index (χ2n) is 4.64. The van der Waals surface area contributed by atoms with Crippen LogP contribution in [-0.2, 0) is 11.8 Å². The van der Waals surface area contributed by atoms with Crippen LogP contribution >= 0.6 is 0 Å². The SMILES string of the molecule is CC(C)c1nn(C)c(NN2CCOCC2)c1N. The van der Waals surface area contributed by atoms with Gasteiger partial charge in [-0.05, 0) is 5.92 Å². The van der Waals surface area contributed by atoms with Gasteiger partial charge in [-0.25, -0.2) is 9.69 Å². The Morgan fingerprint density at radius 3 is 2.53 bits per heavy atom. The first kappa shape index (κ1) is 12.2. The molecule has 6 nitrogen and oxygen atoms in total. The minimum Gasteiger partial charge on any atom is -0.394 e. The highest BCUT2D eigenvalue weighted by atomic mass is 16.5. The molecule has 0 bridgehead atoms. The molecule has 1 aromatic rings. The van der Waals surface area contributed by atoms with Crippen LogP contribution in [0.15, 0.2) is 0 Å². The number of hydrogen-bond donors (Lipinski definition) is 2. The van der Waals surface area contributed by atoms with Gasteiger partial charge >= 0.3 is 0 Å². The Morgan fingerprint density at radius 2 is 2.00 bits per heavy atom. The molecule has 0 amide bonds. The molecule has 0 aromatic carbocycles. The van der Waals surface area contributed by atoms with Crippen LogP contribution in [0.2, 0.25) is 0 Å². The molecule has 0 atom stereocenters. The lowest BCUT2D eigenvalue weighted by atomic mass is 10.1. The quantitative estimate of drug-likeness (QED) is 0.816. The molecule has 6 heteroatoms. The fraction of sp³-hybridized carbons (Fsp3) is 0.727. The number of nitrogens with zero attached hydrogens (tertiary/aromatic N) is 3. The van der Waals surface area contributed by atoms with E-state index in [4.69, 9.17) is 10.5 Å². The van der Waals surface area contributed by atoms with Crippen LogP contribution in [0.1, 0.15) is 25.5 Å². The standard InChI is InChI=1S/C11H21N5O/c1-8(2)10-9(12)11(15(3)13-10)14-16-4-6-17-7-5-16/h8,14H,4-7,12H2,1-3H3. The lowest BCUT2D eigenvalue weighted by Gasteiger charge is -2.27. The van der Waals surface area contributed by atoms with Crippen LogP contribution in [0.5, 0.6) is 0 Å². The molecule has 17 heavy (non-hydrogen) atoms. The third-order valence-electron chi connectivity index (χ3n) is 2.93. The monoisotopic (exact) mass is 239 g/mol. The van der Waals surface area contributed by atoms with Gasteiger partial charge in [0.1, 0.15) is 0 Å². The van der Waals surface area contributed by atoms with Gasteiger partial charge in [0.15, 0.2) is 5.82 Å². The predicted molar refractivity (Wildman–Crippen MR) is 67.7 cm³/mol. The van der Waals surface area contributed by atoms with Gasteiger partial charge in [-0.3, -0.25) is 0 Å². The van der Waals surface area contributed by atoms with Crippen LogP contribution < -0.4 is 11.2 Å². The Hall–Kier alpha value is -1.27. The fourth-order valence-electron chi connectivity index (χ4n) is 1.95. The minimum absolute atomic E-state index is 0.335. The number of hydrogen-bond acceptors (Lipinski definition) is 5. The molecule has 0 unspecified atom stereocenters. The van der Waals surface area contributed by atoms with E-state index in [1.54, 1.807) is 4.68 Å².